The number of piperidine rings is 1. The standard InChI is InChI=1S/C14H16N2O6S/c1-21-11(18)7-16-10(17)4-3-9(13(16)20)15-12(19)8-5-6-23-14(8)22-2/h5-6,9H,3-4,7H2,1-2H3,(H,15,19). The fraction of sp³-hybridized carbons (Fsp3) is 0.429. The van der Waals surface area contributed by atoms with Gasteiger partial charge >= 0.3 is 5.97 Å². The first-order valence-electron chi connectivity index (χ1n) is 6.81. The number of hydrogen-bond acceptors (Lipinski definition) is 7. The number of methoxy groups -OCH3 is 2. The minimum atomic E-state index is -0.866. The molecule has 1 N–H and O–H groups in total. The van der Waals surface area contributed by atoms with Gasteiger partial charge in [0.05, 0.1) is 19.8 Å². The Kier molecular flexibility index (Phi) is 5.32. The van der Waals surface area contributed by atoms with Crippen molar-refractivity contribution < 1.29 is 28.7 Å². The van der Waals surface area contributed by atoms with E-state index >= 15 is 0 Å². The molecule has 0 saturated carbocycles. The van der Waals surface area contributed by atoms with Crippen LogP contribution in [0.5, 0.6) is 5.06 Å². The highest BCUT2D eigenvalue weighted by Gasteiger charge is 2.36. The largest absolute Gasteiger partial charge is 0.487 e. The molecule has 0 spiro atoms. The van der Waals surface area contributed by atoms with Crippen molar-refractivity contribution in [3.63, 3.8) is 0 Å². The van der Waals surface area contributed by atoms with Gasteiger partial charge in [0.15, 0.2) is 5.06 Å². The lowest BCUT2D eigenvalue weighted by Gasteiger charge is -2.30. The van der Waals surface area contributed by atoms with E-state index in [2.05, 4.69) is 10.1 Å². The van der Waals surface area contributed by atoms with Gasteiger partial charge in [0.25, 0.3) is 11.8 Å². The van der Waals surface area contributed by atoms with Crippen LogP contribution in [0.4, 0.5) is 0 Å². The maximum Gasteiger partial charge on any atom is 0.325 e. The van der Waals surface area contributed by atoms with E-state index in [1.165, 1.54) is 25.6 Å². The molecule has 8 nitrogen and oxygen atoms in total. The zero-order chi connectivity index (χ0) is 17.0. The van der Waals surface area contributed by atoms with Crippen molar-refractivity contribution in [1.29, 1.82) is 0 Å². The molecule has 124 valence electrons. The number of esters is 1. The average molecular weight is 340 g/mol. The molecule has 1 atom stereocenters. The molecule has 2 rings (SSSR count). The van der Waals surface area contributed by atoms with Crippen LogP contribution in [0.1, 0.15) is 23.2 Å². The van der Waals surface area contributed by atoms with Crippen molar-refractivity contribution in [3.05, 3.63) is 17.0 Å². The summed E-state index contributed by atoms with van der Waals surface area (Å²) in [5, 5.41) is 4.72. The Labute approximate surface area is 136 Å². The topological polar surface area (TPSA) is 102 Å². The molecule has 1 aliphatic rings. The highest BCUT2D eigenvalue weighted by molar-refractivity contribution is 7.12. The summed E-state index contributed by atoms with van der Waals surface area (Å²) >= 11 is 1.26. The van der Waals surface area contributed by atoms with E-state index in [-0.39, 0.29) is 12.8 Å². The van der Waals surface area contributed by atoms with Crippen LogP contribution in [0.2, 0.25) is 0 Å². The van der Waals surface area contributed by atoms with Crippen molar-refractivity contribution >= 4 is 35.0 Å². The fourth-order valence-corrected chi connectivity index (χ4v) is 2.90. The van der Waals surface area contributed by atoms with Crippen LogP contribution < -0.4 is 10.1 Å². The number of nitrogens with zero attached hydrogens (tertiary/aromatic N) is 1. The van der Waals surface area contributed by atoms with Crippen molar-refractivity contribution in [2.24, 2.45) is 0 Å². The smallest absolute Gasteiger partial charge is 0.325 e. The third-order valence-electron chi connectivity index (χ3n) is 3.39. The molecule has 1 saturated heterocycles. The SMILES string of the molecule is COC(=O)CN1C(=O)CCC(NC(=O)c2ccsc2OC)C1=O. The minimum absolute atomic E-state index is 0.0639. The first-order valence-corrected chi connectivity index (χ1v) is 7.69. The van der Waals surface area contributed by atoms with Crippen molar-refractivity contribution in [2.75, 3.05) is 20.8 Å². The highest BCUT2D eigenvalue weighted by atomic mass is 32.1. The third-order valence-corrected chi connectivity index (χ3v) is 4.26. The zero-order valence-electron chi connectivity index (χ0n) is 12.7. The molecule has 0 bridgehead atoms. The molecular formula is C14H16N2O6S. The van der Waals surface area contributed by atoms with Gasteiger partial charge in [0.1, 0.15) is 12.6 Å². The summed E-state index contributed by atoms with van der Waals surface area (Å²) in [5.41, 5.74) is 0.321. The van der Waals surface area contributed by atoms with Gasteiger partial charge in [-0.25, -0.2) is 0 Å². The molecule has 3 amide bonds. The van der Waals surface area contributed by atoms with E-state index in [9.17, 15) is 19.2 Å². The molecule has 1 aromatic heterocycles. The number of nitrogens with one attached hydrogen (secondary N) is 1. The van der Waals surface area contributed by atoms with E-state index in [0.717, 1.165) is 4.90 Å². The van der Waals surface area contributed by atoms with E-state index in [4.69, 9.17) is 4.74 Å². The summed E-state index contributed by atoms with van der Waals surface area (Å²) in [4.78, 5) is 48.4. The van der Waals surface area contributed by atoms with Crippen LogP contribution >= 0.6 is 11.3 Å². The predicted octanol–water partition coefficient (Wildman–Crippen LogP) is 0.177. The molecule has 9 heteroatoms. The van der Waals surface area contributed by atoms with Crippen LogP contribution in [0.25, 0.3) is 0 Å². The van der Waals surface area contributed by atoms with Crippen LogP contribution in [0.3, 0.4) is 0 Å². The number of hydrogen-bond donors (Lipinski definition) is 1. The first-order chi connectivity index (χ1) is 11.0. The second-order valence-corrected chi connectivity index (χ2v) is 5.66. The summed E-state index contributed by atoms with van der Waals surface area (Å²) in [6.45, 7) is -0.456. The van der Waals surface area contributed by atoms with Gasteiger partial charge in [-0.05, 0) is 17.9 Å². The number of rotatable bonds is 5. The molecule has 0 radical (unpaired) electrons. The second-order valence-electron chi connectivity index (χ2n) is 4.78. The summed E-state index contributed by atoms with van der Waals surface area (Å²) in [7, 11) is 2.62. The zero-order valence-corrected chi connectivity index (χ0v) is 13.5. The lowest BCUT2D eigenvalue weighted by molar-refractivity contribution is -0.157. The molecule has 0 aromatic carbocycles. The van der Waals surface area contributed by atoms with Crippen LogP contribution in [0.15, 0.2) is 11.4 Å². The normalized spacial score (nSPS) is 17.8. The van der Waals surface area contributed by atoms with Gasteiger partial charge in [-0.15, -0.1) is 11.3 Å². The molecular weight excluding hydrogens is 324 g/mol. The monoisotopic (exact) mass is 340 g/mol. The van der Waals surface area contributed by atoms with E-state index < -0.39 is 36.3 Å². The quantitative estimate of drug-likeness (QED) is 0.606. The second kappa shape index (κ2) is 7.23. The molecule has 0 aliphatic carbocycles. The number of ether oxygens (including phenoxy) is 2. The van der Waals surface area contributed by atoms with Crippen molar-refractivity contribution in [1.82, 2.24) is 10.2 Å². The van der Waals surface area contributed by atoms with Gasteiger partial charge in [0.2, 0.25) is 5.91 Å². The van der Waals surface area contributed by atoms with Crippen LogP contribution in [-0.2, 0) is 19.1 Å². The maximum absolute atomic E-state index is 12.3. The molecule has 1 aromatic rings. The van der Waals surface area contributed by atoms with Gasteiger partial charge in [-0.1, -0.05) is 0 Å². The van der Waals surface area contributed by atoms with E-state index in [1.807, 2.05) is 0 Å². The molecule has 1 unspecified atom stereocenters. The minimum Gasteiger partial charge on any atom is -0.487 e. The summed E-state index contributed by atoms with van der Waals surface area (Å²) in [5.74, 6) is -2.24. The summed E-state index contributed by atoms with van der Waals surface area (Å²) in [6, 6.07) is 0.721. The van der Waals surface area contributed by atoms with Crippen molar-refractivity contribution in [3.8, 4) is 5.06 Å². The Balaban J connectivity index is 2.08. The Morgan fingerprint density at radius 3 is 2.78 bits per heavy atom. The lowest BCUT2D eigenvalue weighted by atomic mass is 10.0. The number of thiophene rings is 1. The van der Waals surface area contributed by atoms with Gasteiger partial charge in [-0.2, -0.15) is 0 Å². The van der Waals surface area contributed by atoms with Crippen LogP contribution in [0, 0.1) is 0 Å². The van der Waals surface area contributed by atoms with Crippen molar-refractivity contribution in [2.45, 2.75) is 18.9 Å². The third kappa shape index (κ3) is 3.67. The van der Waals surface area contributed by atoms with Crippen LogP contribution in [-0.4, -0.2) is 55.4 Å². The number of carbonyl (C=O) groups is 4. The molecule has 23 heavy (non-hydrogen) atoms. The van der Waals surface area contributed by atoms with E-state index in [0.29, 0.717) is 10.6 Å². The first kappa shape index (κ1) is 16.9. The molecule has 1 aliphatic heterocycles. The Morgan fingerprint density at radius 1 is 1.39 bits per heavy atom. The summed E-state index contributed by atoms with van der Waals surface area (Å²) < 4.78 is 9.54. The predicted molar refractivity (Wildman–Crippen MR) is 80.1 cm³/mol. The fourth-order valence-electron chi connectivity index (χ4n) is 2.19. The average Bonchev–Trinajstić information content (AvgIpc) is 3.02. The number of amides is 3. The van der Waals surface area contributed by atoms with Gasteiger partial charge < -0.3 is 14.8 Å². The number of carbonyl (C=O) groups excluding carboxylic acids is 4. The number of imide groups is 1. The lowest BCUT2D eigenvalue weighted by Crippen LogP contribution is -2.55. The van der Waals surface area contributed by atoms with Gasteiger partial charge in [0, 0.05) is 6.42 Å². The molecule has 1 fully saturated rings. The molecule has 2 heterocycles. The Morgan fingerprint density at radius 2 is 2.13 bits per heavy atom. The maximum atomic E-state index is 12.3. The van der Waals surface area contributed by atoms with E-state index in [1.54, 1.807) is 11.4 Å². The highest BCUT2D eigenvalue weighted by Crippen LogP contribution is 2.25. The van der Waals surface area contributed by atoms with Gasteiger partial charge in [-0.3, -0.25) is 24.1 Å². The Hall–Kier alpha value is -2.42. The Bertz CT molecular complexity index is 641. The number of likely N-dealkylation sites (tertiary alicyclic amines) is 1. The summed E-state index contributed by atoms with van der Waals surface area (Å²) in [6.07, 6.45) is 0.252.